The van der Waals surface area contributed by atoms with Gasteiger partial charge in [-0.3, -0.25) is 14.7 Å². The zero-order valence-corrected chi connectivity index (χ0v) is 16.1. The van der Waals surface area contributed by atoms with Crippen molar-refractivity contribution in [1.82, 2.24) is 20.2 Å². The average Bonchev–Trinajstić information content (AvgIpc) is 2.74. The number of rotatable bonds is 5. The fourth-order valence-electron chi connectivity index (χ4n) is 3.62. The van der Waals surface area contributed by atoms with Crippen LogP contribution in [0.25, 0.3) is 11.0 Å². The number of piperazine rings is 1. The quantitative estimate of drug-likeness (QED) is 0.742. The summed E-state index contributed by atoms with van der Waals surface area (Å²) in [6, 6.07) is 16.1. The molecule has 1 fully saturated rings. The van der Waals surface area contributed by atoms with Crippen molar-refractivity contribution < 1.29 is 4.79 Å². The Balaban J connectivity index is 1.25. The molecule has 0 radical (unpaired) electrons. The summed E-state index contributed by atoms with van der Waals surface area (Å²) >= 11 is 0. The van der Waals surface area contributed by atoms with Gasteiger partial charge in [0, 0.05) is 45.0 Å². The van der Waals surface area contributed by atoms with Crippen molar-refractivity contribution in [3.8, 4) is 0 Å². The van der Waals surface area contributed by atoms with Gasteiger partial charge in [0.15, 0.2) is 0 Å². The molecule has 1 aromatic heterocycles. The van der Waals surface area contributed by atoms with E-state index in [-0.39, 0.29) is 5.91 Å². The predicted molar refractivity (Wildman–Crippen MR) is 112 cm³/mol. The summed E-state index contributed by atoms with van der Waals surface area (Å²) in [6.45, 7) is 7.63. The molecule has 0 aliphatic carbocycles. The second-order valence-corrected chi connectivity index (χ2v) is 7.12. The average molecular weight is 375 g/mol. The highest BCUT2D eigenvalue weighted by atomic mass is 16.1. The molecule has 1 amide bonds. The van der Waals surface area contributed by atoms with E-state index in [9.17, 15) is 4.79 Å². The SMILES string of the molecule is Cc1ccccc1N1CCN(CCNC(=O)c2cnc3ccccc3n2)CC1. The van der Waals surface area contributed by atoms with Gasteiger partial charge in [0.1, 0.15) is 5.69 Å². The van der Waals surface area contributed by atoms with E-state index in [1.807, 2.05) is 24.3 Å². The lowest BCUT2D eigenvalue weighted by Gasteiger charge is -2.36. The summed E-state index contributed by atoms with van der Waals surface area (Å²) in [5.74, 6) is -0.170. The third kappa shape index (κ3) is 4.12. The van der Waals surface area contributed by atoms with Crippen LogP contribution in [0.15, 0.2) is 54.7 Å². The number of fused-ring (bicyclic) bond motifs is 1. The molecular weight excluding hydrogens is 350 g/mol. The Hall–Kier alpha value is -2.99. The number of carbonyl (C=O) groups excluding carboxylic acids is 1. The number of aryl methyl sites for hydroxylation is 1. The zero-order valence-electron chi connectivity index (χ0n) is 16.1. The van der Waals surface area contributed by atoms with E-state index in [0.717, 1.165) is 43.8 Å². The lowest BCUT2D eigenvalue weighted by molar-refractivity contribution is 0.0943. The number of amides is 1. The van der Waals surface area contributed by atoms with Crippen LogP contribution in [-0.2, 0) is 0 Å². The topological polar surface area (TPSA) is 61.4 Å². The van der Waals surface area contributed by atoms with Crippen LogP contribution < -0.4 is 10.2 Å². The number of nitrogens with one attached hydrogen (secondary N) is 1. The van der Waals surface area contributed by atoms with Gasteiger partial charge in [0.2, 0.25) is 0 Å². The molecule has 1 aliphatic rings. The number of aromatic nitrogens is 2. The summed E-state index contributed by atoms with van der Waals surface area (Å²) in [6.07, 6.45) is 1.54. The molecule has 0 saturated carbocycles. The van der Waals surface area contributed by atoms with Crippen molar-refractivity contribution in [1.29, 1.82) is 0 Å². The van der Waals surface area contributed by atoms with Gasteiger partial charge in [-0.25, -0.2) is 4.98 Å². The fourth-order valence-corrected chi connectivity index (χ4v) is 3.62. The predicted octanol–water partition coefficient (Wildman–Crippen LogP) is 2.49. The van der Waals surface area contributed by atoms with Gasteiger partial charge in [-0.15, -0.1) is 0 Å². The molecule has 0 unspecified atom stereocenters. The fraction of sp³-hybridized carbons (Fsp3) is 0.318. The number of para-hydroxylation sites is 3. The van der Waals surface area contributed by atoms with Crippen molar-refractivity contribution in [2.75, 3.05) is 44.2 Å². The van der Waals surface area contributed by atoms with Crippen LogP contribution in [0.3, 0.4) is 0 Å². The van der Waals surface area contributed by atoms with Crippen LogP contribution in [-0.4, -0.2) is 60.0 Å². The van der Waals surface area contributed by atoms with E-state index in [2.05, 4.69) is 56.3 Å². The highest BCUT2D eigenvalue weighted by Gasteiger charge is 2.18. The number of anilines is 1. The molecule has 144 valence electrons. The first kappa shape index (κ1) is 18.4. The smallest absolute Gasteiger partial charge is 0.271 e. The normalized spacial score (nSPS) is 15.0. The Bertz CT molecular complexity index is 966. The van der Waals surface area contributed by atoms with Gasteiger partial charge in [0.25, 0.3) is 5.91 Å². The van der Waals surface area contributed by atoms with E-state index >= 15 is 0 Å². The van der Waals surface area contributed by atoms with E-state index in [4.69, 9.17) is 0 Å². The minimum Gasteiger partial charge on any atom is -0.369 e. The van der Waals surface area contributed by atoms with E-state index < -0.39 is 0 Å². The Morgan fingerprint density at radius 1 is 1.00 bits per heavy atom. The summed E-state index contributed by atoms with van der Waals surface area (Å²) in [5, 5.41) is 2.97. The first-order valence-corrected chi connectivity index (χ1v) is 9.73. The third-order valence-electron chi connectivity index (χ3n) is 5.22. The number of hydrogen-bond donors (Lipinski definition) is 1. The minimum atomic E-state index is -0.170. The van der Waals surface area contributed by atoms with Gasteiger partial charge in [0.05, 0.1) is 17.2 Å². The van der Waals surface area contributed by atoms with Crippen LogP contribution in [0.4, 0.5) is 5.69 Å². The number of hydrogen-bond acceptors (Lipinski definition) is 5. The molecule has 0 atom stereocenters. The van der Waals surface area contributed by atoms with Crippen molar-refractivity contribution in [3.05, 3.63) is 66.0 Å². The van der Waals surface area contributed by atoms with Gasteiger partial charge < -0.3 is 10.2 Å². The van der Waals surface area contributed by atoms with Crippen molar-refractivity contribution in [2.24, 2.45) is 0 Å². The molecule has 3 aromatic rings. The highest BCUT2D eigenvalue weighted by molar-refractivity contribution is 5.93. The highest BCUT2D eigenvalue weighted by Crippen LogP contribution is 2.20. The van der Waals surface area contributed by atoms with E-state index in [0.29, 0.717) is 12.2 Å². The second-order valence-electron chi connectivity index (χ2n) is 7.12. The van der Waals surface area contributed by atoms with Gasteiger partial charge >= 0.3 is 0 Å². The lowest BCUT2D eigenvalue weighted by Crippen LogP contribution is -2.48. The van der Waals surface area contributed by atoms with Crippen LogP contribution in [0.1, 0.15) is 16.1 Å². The van der Waals surface area contributed by atoms with Crippen molar-refractivity contribution in [2.45, 2.75) is 6.92 Å². The molecule has 2 aromatic carbocycles. The summed E-state index contributed by atoms with van der Waals surface area (Å²) < 4.78 is 0. The van der Waals surface area contributed by atoms with Gasteiger partial charge in [-0.05, 0) is 30.7 Å². The maximum absolute atomic E-state index is 12.4. The van der Waals surface area contributed by atoms with Crippen molar-refractivity contribution in [3.63, 3.8) is 0 Å². The number of carbonyl (C=O) groups is 1. The molecule has 4 rings (SSSR count). The largest absolute Gasteiger partial charge is 0.369 e. The van der Waals surface area contributed by atoms with Gasteiger partial charge in [-0.1, -0.05) is 30.3 Å². The molecule has 0 spiro atoms. The summed E-state index contributed by atoms with van der Waals surface area (Å²) in [5.41, 5.74) is 4.54. The standard InChI is InChI=1S/C22H25N5O/c1-17-6-2-5-9-21(17)27-14-12-26(13-15-27)11-10-23-22(28)20-16-24-18-7-3-4-8-19(18)25-20/h2-9,16H,10-15H2,1H3,(H,23,28). The summed E-state index contributed by atoms with van der Waals surface area (Å²) in [7, 11) is 0. The molecule has 0 bridgehead atoms. The molecule has 6 heteroatoms. The molecule has 28 heavy (non-hydrogen) atoms. The van der Waals surface area contributed by atoms with Crippen molar-refractivity contribution >= 4 is 22.6 Å². The monoisotopic (exact) mass is 375 g/mol. The first-order chi connectivity index (χ1) is 13.7. The number of benzene rings is 2. The summed E-state index contributed by atoms with van der Waals surface area (Å²) in [4.78, 5) is 25.9. The molecule has 1 aliphatic heterocycles. The Morgan fingerprint density at radius 2 is 1.71 bits per heavy atom. The molecule has 2 heterocycles. The molecule has 1 saturated heterocycles. The molecule has 1 N–H and O–H groups in total. The van der Waals surface area contributed by atoms with Crippen LogP contribution >= 0.6 is 0 Å². The van der Waals surface area contributed by atoms with E-state index in [1.165, 1.54) is 11.3 Å². The Labute approximate surface area is 165 Å². The Kier molecular flexibility index (Phi) is 5.48. The minimum absolute atomic E-state index is 0.170. The van der Waals surface area contributed by atoms with Crippen LogP contribution in [0, 0.1) is 6.92 Å². The zero-order chi connectivity index (χ0) is 19.3. The maximum Gasteiger partial charge on any atom is 0.271 e. The second kappa shape index (κ2) is 8.35. The first-order valence-electron chi connectivity index (χ1n) is 9.73. The Morgan fingerprint density at radius 3 is 2.50 bits per heavy atom. The maximum atomic E-state index is 12.4. The van der Waals surface area contributed by atoms with E-state index in [1.54, 1.807) is 6.20 Å². The van der Waals surface area contributed by atoms with Crippen LogP contribution in [0.5, 0.6) is 0 Å². The molecular formula is C22H25N5O. The molecule has 6 nitrogen and oxygen atoms in total. The lowest BCUT2D eigenvalue weighted by atomic mass is 10.1. The van der Waals surface area contributed by atoms with Crippen LogP contribution in [0.2, 0.25) is 0 Å². The number of nitrogens with zero attached hydrogens (tertiary/aromatic N) is 4. The van der Waals surface area contributed by atoms with Gasteiger partial charge in [-0.2, -0.15) is 0 Å². The third-order valence-corrected chi connectivity index (χ3v) is 5.22.